The molecule has 1 unspecified atom stereocenters. The molecule has 0 aromatic rings. The maximum atomic E-state index is 12.1. The van der Waals surface area contributed by atoms with Crippen molar-refractivity contribution in [3.8, 4) is 0 Å². The van der Waals surface area contributed by atoms with Gasteiger partial charge in [0.05, 0.1) is 19.1 Å². The van der Waals surface area contributed by atoms with Crippen molar-refractivity contribution >= 4 is 12.0 Å². The Bertz CT molecular complexity index is 337. The third-order valence-corrected chi connectivity index (χ3v) is 3.79. The van der Waals surface area contributed by atoms with E-state index in [1.807, 2.05) is 0 Å². The van der Waals surface area contributed by atoms with Crippen LogP contribution in [0.5, 0.6) is 0 Å². The fraction of sp³-hybridized carbons (Fsp3) is 0.846. The molecular weight excluding hydrogens is 262 g/mol. The Hall–Kier alpha value is -1.34. The van der Waals surface area contributed by atoms with Crippen LogP contribution in [0.2, 0.25) is 0 Å². The highest BCUT2D eigenvalue weighted by atomic mass is 16.5. The predicted molar refractivity (Wildman–Crippen MR) is 72.6 cm³/mol. The Kier molecular flexibility index (Phi) is 5.60. The molecule has 0 aromatic heterocycles. The molecule has 0 aliphatic carbocycles. The molecule has 0 bridgehead atoms. The number of rotatable bonds is 4. The van der Waals surface area contributed by atoms with Crippen LogP contribution in [0.15, 0.2) is 0 Å². The summed E-state index contributed by atoms with van der Waals surface area (Å²) in [6, 6.07) is 0.0969. The number of hydrogen-bond acceptors (Lipinski definition) is 4. The lowest BCUT2D eigenvalue weighted by molar-refractivity contribution is -0.137. The van der Waals surface area contributed by atoms with E-state index in [1.54, 1.807) is 4.90 Å². The summed E-state index contributed by atoms with van der Waals surface area (Å²) in [5.74, 6) is -0.775. The van der Waals surface area contributed by atoms with Crippen molar-refractivity contribution < 1.29 is 19.4 Å². The van der Waals surface area contributed by atoms with Crippen molar-refractivity contribution in [1.82, 2.24) is 15.1 Å². The second kappa shape index (κ2) is 7.44. The van der Waals surface area contributed by atoms with E-state index < -0.39 is 5.97 Å². The van der Waals surface area contributed by atoms with Gasteiger partial charge in [-0.25, -0.2) is 4.79 Å². The van der Waals surface area contributed by atoms with Gasteiger partial charge in [0.2, 0.25) is 0 Å². The lowest BCUT2D eigenvalue weighted by Gasteiger charge is -2.35. The second-order valence-electron chi connectivity index (χ2n) is 5.34. The van der Waals surface area contributed by atoms with E-state index in [1.165, 1.54) is 0 Å². The van der Waals surface area contributed by atoms with E-state index in [-0.39, 0.29) is 18.5 Å². The van der Waals surface area contributed by atoms with E-state index in [0.29, 0.717) is 26.2 Å². The first-order chi connectivity index (χ1) is 9.65. The van der Waals surface area contributed by atoms with E-state index in [0.717, 1.165) is 32.5 Å². The van der Waals surface area contributed by atoms with Crippen LogP contribution < -0.4 is 5.32 Å². The molecule has 0 spiro atoms. The number of carboxylic acids is 1. The van der Waals surface area contributed by atoms with E-state index in [9.17, 15) is 9.59 Å². The summed E-state index contributed by atoms with van der Waals surface area (Å²) in [4.78, 5) is 26.5. The van der Waals surface area contributed by atoms with Crippen LogP contribution in [0.3, 0.4) is 0 Å². The number of nitrogens with one attached hydrogen (secondary N) is 1. The fourth-order valence-electron chi connectivity index (χ4n) is 2.55. The van der Waals surface area contributed by atoms with Crippen LogP contribution in [0.1, 0.15) is 19.3 Å². The molecule has 114 valence electrons. The normalized spacial score (nSPS) is 24.4. The molecular formula is C13H23N3O4. The standard InChI is InChI=1S/C13H23N3O4/c17-12(18)3-4-15-5-7-16(8-6-15)13(19)14-11-2-1-9-20-10-11/h11H,1-10H2,(H,14,19)(H,17,18). The number of carboxylic acid groups (broad SMARTS) is 1. The number of amides is 2. The van der Waals surface area contributed by atoms with Gasteiger partial charge in [0.15, 0.2) is 0 Å². The number of aliphatic carboxylic acids is 1. The van der Waals surface area contributed by atoms with E-state index in [2.05, 4.69) is 10.2 Å². The Balaban J connectivity index is 1.67. The molecule has 7 heteroatoms. The Morgan fingerprint density at radius 2 is 2.00 bits per heavy atom. The highest BCUT2D eigenvalue weighted by molar-refractivity contribution is 5.74. The third-order valence-electron chi connectivity index (χ3n) is 3.79. The van der Waals surface area contributed by atoms with Crippen LogP contribution in [-0.2, 0) is 9.53 Å². The molecule has 1 atom stereocenters. The van der Waals surface area contributed by atoms with Gasteiger partial charge in [-0.2, -0.15) is 0 Å². The first-order valence-corrected chi connectivity index (χ1v) is 7.22. The Morgan fingerprint density at radius 3 is 2.60 bits per heavy atom. The van der Waals surface area contributed by atoms with Gasteiger partial charge in [0, 0.05) is 39.3 Å². The third kappa shape index (κ3) is 4.64. The average molecular weight is 285 g/mol. The number of carbonyl (C=O) groups excluding carboxylic acids is 1. The number of ether oxygens (including phenoxy) is 1. The maximum absolute atomic E-state index is 12.1. The molecule has 0 saturated carbocycles. The lowest BCUT2D eigenvalue weighted by Crippen LogP contribution is -2.54. The van der Waals surface area contributed by atoms with Gasteiger partial charge in [-0.3, -0.25) is 9.69 Å². The van der Waals surface area contributed by atoms with Crippen LogP contribution in [0.25, 0.3) is 0 Å². The molecule has 0 aromatic carbocycles. The minimum absolute atomic E-state index is 0.0293. The number of nitrogens with zero attached hydrogens (tertiary/aromatic N) is 2. The maximum Gasteiger partial charge on any atom is 0.317 e. The molecule has 2 rings (SSSR count). The van der Waals surface area contributed by atoms with Gasteiger partial charge < -0.3 is 20.1 Å². The number of hydrogen-bond donors (Lipinski definition) is 2. The summed E-state index contributed by atoms with van der Waals surface area (Å²) in [5.41, 5.74) is 0. The van der Waals surface area contributed by atoms with Gasteiger partial charge >= 0.3 is 12.0 Å². The van der Waals surface area contributed by atoms with Crippen LogP contribution >= 0.6 is 0 Å². The zero-order valence-electron chi connectivity index (χ0n) is 11.7. The van der Waals surface area contributed by atoms with Crippen LogP contribution in [0, 0.1) is 0 Å². The van der Waals surface area contributed by atoms with Crippen molar-refractivity contribution in [2.45, 2.75) is 25.3 Å². The van der Waals surface area contributed by atoms with Crippen LogP contribution in [0.4, 0.5) is 4.79 Å². The van der Waals surface area contributed by atoms with E-state index in [4.69, 9.17) is 9.84 Å². The summed E-state index contributed by atoms with van der Waals surface area (Å²) >= 11 is 0. The zero-order valence-corrected chi connectivity index (χ0v) is 11.7. The molecule has 2 fully saturated rings. The minimum atomic E-state index is -0.775. The zero-order chi connectivity index (χ0) is 14.4. The molecule has 2 N–H and O–H groups in total. The van der Waals surface area contributed by atoms with E-state index >= 15 is 0 Å². The van der Waals surface area contributed by atoms with Gasteiger partial charge in [0.25, 0.3) is 0 Å². The lowest BCUT2D eigenvalue weighted by atomic mass is 10.1. The SMILES string of the molecule is O=C(O)CCN1CCN(C(=O)NC2CCCOC2)CC1. The minimum Gasteiger partial charge on any atom is -0.481 e. The molecule has 2 aliphatic heterocycles. The molecule has 20 heavy (non-hydrogen) atoms. The number of urea groups is 1. The smallest absolute Gasteiger partial charge is 0.317 e. The summed E-state index contributed by atoms with van der Waals surface area (Å²) in [6.45, 7) is 4.72. The van der Waals surface area contributed by atoms with Crippen molar-refractivity contribution in [2.75, 3.05) is 45.9 Å². The van der Waals surface area contributed by atoms with Gasteiger partial charge in [0.1, 0.15) is 0 Å². The molecule has 2 amide bonds. The molecule has 2 saturated heterocycles. The summed E-state index contributed by atoms with van der Waals surface area (Å²) in [7, 11) is 0. The average Bonchev–Trinajstić information content (AvgIpc) is 2.46. The number of piperazine rings is 1. The Morgan fingerprint density at radius 1 is 1.25 bits per heavy atom. The summed E-state index contributed by atoms with van der Waals surface area (Å²) in [5, 5.41) is 11.7. The molecule has 7 nitrogen and oxygen atoms in total. The molecule has 2 aliphatic rings. The quantitative estimate of drug-likeness (QED) is 0.758. The van der Waals surface area contributed by atoms with Gasteiger partial charge in [-0.15, -0.1) is 0 Å². The first kappa shape index (κ1) is 15.1. The summed E-state index contributed by atoms with van der Waals surface area (Å²) in [6.07, 6.45) is 2.13. The summed E-state index contributed by atoms with van der Waals surface area (Å²) < 4.78 is 5.34. The largest absolute Gasteiger partial charge is 0.481 e. The van der Waals surface area contributed by atoms with Crippen molar-refractivity contribution in [1.29, 1.82) is 0 Å². The fourth-order valence-corrected chi connectivity index (χ4v) is 2.55. The highest BCUT2D eigenvalue weighted by Gasteiger charge is 2.24. The highest BCUT2D eigenvalue weighted by Crippen LogP contribution is 2.08. The molecule has 2 heterocycles. The van der Waals surface area contributed by atoms with Crippen molar-refractivity contribution in [3.05, 3.63) is 0 Å². The monoisotopic (exact) mass is 285 g/mol. The topological polar surface area (TPSA) is 82.1 Å². The van der Waals surface area contributed by atoms with Crippen LogP contribution in [-0.4, -0.2) is 78.9 Å². The Labute approximate surface area is 118 Å². The predicted octanol–water partition coefficient (Wildman–Crippen LogP) is -0.0327. The second-order valence-corrected chi connectivity index (χ2v) is 5.34. The van der Waals surface area contributed by atoms with Gasteiger partial charge in [-0.1, -0.05) is 0 Å². The van der Waals surface area contributed by atoms with Crippen molar-refractivity contribution in [2.24, 2.45) is 0 Å². The number of carbonyl (C=O) groups is 2. The van der Waals surface area contributed by atoms with Crippen molar-refractivity contribution in [3.63, 3.8) is 0 Å². The van der Waals surface area contributed by atoms with Gasteiger partial charge in [-0.05, 0) is 12.8 Å². The first-order valence-electron chi connectivity index (χ1n) is 7.22. The molecule has 0 radical (unpaired) electrons.